The average molecular weight is 790 g/mol. The Kier molecular flexibility index (Phi) is 10.1. The van der Waals surface area contributed by atoms with Crippen LogP contribution in [-0.2, 0) is 24.0 Å². The number of aliphatic hydroxyl groups is 2. The maximum Gasteiger partial charge on any atom is 0.336 e. The summed E-state index contributed by atoms with van der Waals surface area (Å²) in [5, 5.41) is 26.0. The van der Waals surface area contributed by atoms with E-state index in [2.05, 4.69) is 45.3 Å². The largest absolute Gasteiger partial charge is 0.394 e. The Morgan fingerprint density at radius 2 is 1.36 bits per heavy atom. The number of imidazole rings is 2. The molecule has 2 aliphatic rings. The second-order valence-electron chi connectivity index (χ2n) is 12.7. The number of aromatic nitrogens is 8. The van der Waals surface area contributed by atoms with E-state index in [1.807, 2.05) is 0 Å². The Morgan fingerprint density at radius 3 is 1.93 bits per heavy atom. The maximum atomic E-state index is 15.7. The minimum atomic E-state index is -4.76. The summed E-state index contributed by atoms with van der Waals surface area (Å²) in [5.41, 5.74) is 1.45. The molecule has 0 aliphatic carbocycles. The number of nitrogens with one attached hydrogen (secondary N) is 3. The summed E-state index contributed by atoms with van der Waals surface area (Å²) in [6, 6.07) is 16.9. The molecule has 8 rings (SSSR count). The van der Waals surface area contributed by atoms with Gasteiger partial charge in [0.1, 0.15) is 25.0 Å². The number of halogens is 1. The molecule has 6 heterocycles. The fraction of sp³-hybridized carbons (Fsp3) is 0.294. The summed E-state index contributed by atoms with van der Waals surface area (Å²) in [4.78, 5) is 50.8. The first-order valence-corrected chi connectivity index (χ1v) is 18.5. The number of fused-ring (bicyclic) bond motifs is 2. The monoisotopic (exact) mass is 789 g/mol. The molecule has 0 bridgehead atoms. The van der Waals surface area contributed by atoms with Crippen LogP contribution in [0.4, 0.5) is 16.0 Å². The molecule has 0 saturated carbocycles. The predicted molar refractivity (Wildman–Crippen MR) is 192 cm³/mol. The van der Waals surface area contributed by atoms with Crippen LogP contribution in [0.25, 0.3) is 22.3 Å². The lowest BCUT2D eigenvalue weighted by Crippen LogP contribution is -2.42. The number of hydrogen-bond acceptors (Lipinski definition) is 15. The third kappa shape index (κ3) is 7.28. The predicted octanol–water partition coefficient (Wildman–Crippen LogP) is 1.27. The third-order valence-electron chi connectivity index (χ3n) is 9.19. The van der Waals surface area contributed by atoms with Crippen molar-refractivity contribution in [1.82, 2.24) is 43.8 Å². The molecule has 22 heteroatoms. The Morgan fingerprint density at radius 1 is 0.804 bits per heavy atom. The van der Waals surface area contributed by atoms with Crippen LogP contribution in [0.15, 0.2) is 86.0 Å². The van der Waals surface area contributed by atoms with E-state index in [1.165, 1.54) is 28.1 Å². The highest BCUT2D eigenvalue weighted by molar-refractivity contribution is 7.84. The number of hydrogen-bond donors (Lipinski definition) is 5. The Balaban J connectivity index is 0.945. The van der Waals surface area contributed by atoms with E-state index in [1.54, 1.807) is 60.7 Å². The number of anilines is 2. The van der Waals surface area contributed by atoms with Crippen LogP contribution in [0.3, 0.4) is 0 Å². The van der Waals surface area contributed by atoms with Gasteiger partial charge in [0.15, 0.2) is 52.5 Å². The van der Waals surface area contributed by atoms with Crippen LogP contribution in [0.5, 0.6) is 0 Å². The van der Waals surface area contributed by atoms with Gasteiger partial charge in [0.05, 0.1) is 31.5 Å². The summed E-state index contributed by atoms with van der Waals surface area (Å²) < 4.78 is 64.1. The van der Waals surface area contributed by atoms with Gasteiger partial charge < -0.3 is 30.3 Å². The molecule has 290 valence electrons. The first-order chi connectivity index (χ1) is 27.1. The van der Waals surface area contributed by atoms with Gasteiger partial charge in [-0.05, 0) is 24.3 Å². The molecule has 56 heavy (non-hydrogen) atoms. The van der Waals surface area contributed by atoms with Crippen molar-refractivity contribution in [2.24, 2.45) is 0 Å². The average Bonchev–Trinajstić information content (AvgIpc) is 4.00. The highest BCUT2D eigenvalue weighted by atomic mass is 32.2. The molecule has 2 aliphatic heterocycles. The lowest BCUT2D eigenvalue weighted by Gasteiger charge is -2.22. The van der Waals surface area contributed by atoms with Crippen LogP contribution < -0.4 is 15.4 Å². The molecule has 6 aromatic rings. The number of nitrogens with zero attached hydrogens (tertiary/aromatic N) is 8. The van der Waals surface area contributed by atoms with Crippen molar-refractivity contribution in [3.8, 4) is 0 Å². The molecule has 4 aromatic heterocycles. The van der Waals surface area contributed by atoms with Crippen molar-refractivity contribution in [2.75, 3.05) is 23.8 Å². The van der Waals surface area contributed by atoms with Crippen LogP contribution in [-0.4, -0.2) is 113 Å². The van der Waals surface area contributed by atoms with Gasteiger partial charge in [0.25, 0.3) is 11.8 Å². The van der Waals surface area contributed by atoms with E-state index in [-0.39, 0.29) is 40.4 Å². The molecular formula is C34H32FN11O9S. The smallest absolute Gasteiger partial charge is 0.336 e. The second kappa shape index (κ2) is 15.3. The van der Waals surface area contributed by atoms with E-state index < -0.39 is 78.3 Å². The first kappa shape index (κ1) is 37.1. The van der Waals surface area contributed by atoms with Crippen LogP contribution in [0, 0.1) is 0 Å². The zero-order chi connectivity index (χ0) is 39.0. The third-order valence-corrected chi connectivity index (χ3v) is 10.2. The molecule has 20 nitrogen and oxygen atoms in total. The van der Waals surface area contributed by atoms with Crippen molar-refractivity contribution in [3.05, 3.63) is 97.1 Å². The van der Waals surface area contributed by atoms with E-state index in [4.69, 9.17) is 13.7 Å². The van der Waals surface area contributed by atoms with Crippen molar-refractivity contribution in [1.29, 1.82) is 0 Å². The van der Waals surface area contributed by atoms with Gasteiger partial charge in [-0.25, -0.2) is 38.5 Å². The van der Waals surface area contributed by atoms with Crippen molar-refractivity contribution in [3.63, 3.8) is 0 Å². The fourth-order valence-electron chi connectivity index (χ4n) is 6.43. The number of aliphatic hydroxyl groups excluding tert-OH is 2. The minimum absolute atomic E-state index is 0.0149. The summed E-state index contributed by atoms with van der Waals surface area (Å²) in [6.07, 6.45) is -5.06. The number of carbonyl (C=O) groups is 2. The molecule has 5 N–H and O–H groups in total. The highest BCUT2D eigenvalue weighted by Crippen LogP contribution is 2.37. The standard InChI is InChI=1S/C34H32FN11O9S/c35-24-22(13-47)54-34(46-17-41-26-29(37-15-39-31(26)46)44-33(50)19-9-5-2-6-10-19)27(24)55-56(51,52)42-12-21-20(48)11-23(53-21)45-16-40-25-28(36-14-38-30(25)45)43-32(49)18-7-3-1-4-8-18/h1-10,14-17,20-24,27,34,42,47-48H,11-13H2,(H,36,38,43,49)(H,37,39,44,50)/t20-,21+,22+,23+,24+,27+,34+/m0/s1. The van der Waals surface area contributed by atoms with Crippen molar-refractivity contribution in [2.45, 2.75) is 49.5 Å². The molecule has 2 amide bonds. The van der Waals surface area contributed by atoms with E-state index in [0.29, 0.717) is 11.1 Å². The van der Waals surface area contributed by atoms with Gasteiger partial charge in [0, 0.05) is 24.1 Å². The van der Waals surface area contributed by atoms with E-state index in [9.17, 15) is 28.2 Å². The molecule has 2 saturated heterocycles. The van der Waals surface area contributed by atoms with Gasteiger partial charge in [-0.2, -0.15) is 13.1 Å². The summed E-state index contributed by atoms with van der Waals surface area (Å²) in [7, 11) is -4.76. The van der Waals surface area contributed by atoms with Crippen LogP contribution >= 0.6 is 0 Å². The summed E-state index contributed by atoms with van der Waals surface area (Å²) >= 11 is 0. The molecule has 0 radical (unpaired) electrons. The van der Waals surface area contributed by atoms with E-state index >= 15 is 4.39 Å². The molecule has 2 fully saturated rings. The van der Waals surface area contributed by atoms with Gasteiger partial charge in [-0.3, -0.25) is 18.7 Å². The number of alkyl halides is 1. The molecule has 2 aromatic carbocycles. The molecule has 0 unspecified atom stereocenters. The van der Waals surface area contributed by atoms with E-state index in [0.717, 1.165) is 6.33 Å². The molecular weight excluding hydrogens is 758 g/mol. The quantitative estimate of drug-likeness (QED) is 0.117. The first-order valence-electron chi connectivity index (χ1n) is 17.1. The Bertz CT molecular complexity index is 2490. The van der Waals surface area contributed by atoms with Crippen molar-refractivity contribution >= 4 is 56.1 Å². The number of carbonyl (C=O) groups excluding carboxylic acids is 2. The number of benzene rings is 2. The second-order valence-corrected chi connectivity index (χ2v) is 14.1. The zero-order valence-corrected chi connectivity index (χ0v) is 29.7. The molecule has 7 atom stereocenters. The maximum absolute atomic E-state index is 15.7. The summed E-state index contributed by atoms with van der Waals surface area (Å²) in [5.74, 6) is -0.705. The van der Waals surface area contributed by atoms with Gasteiger partial charge in [-0.1, -0.05) is 36.4 Å². The Labute approximate surface area is 316 Å². The minimum Gasteiger partial charge on any atom is -0.394 e. The topological polar surface area (TPSA) is 260 Å². The van der Waals surface area contributed by atoms with Gasteiger partial charge >= 0.3 is 10.3 Å². The normalized spacial score (nSPS) is 23.8. The fourth-order valence-corrected chi connectivity index (χ4v) is 7.36. The number of ether oxygens (including phenoxy) is 2. The summed E-state index contributed by atoms with van der Waals surface area (Å²) in [6.45, 7) is -1.28. The van der Waals surface area contributed by atoms with Crippen LogP contribution in [0.1, 0.15) is 39.6 Å². The lowest BCUT2D eigenvalue weighted by atomic mass is 10.1. The number of rotatable bonds is 12. The number of amides is 2. The van der Waals surface area contributed by atoms with Gasteiger partial charge in [0.2, 0.25) is 0 Å². The zero-order valence-electron chi connectivity index (χ0n) is 28.9. The highest BCUT2D eigenvalue weighted by Gasteiger charge is 2.50. The van der Waals surface area contributed by atoms with Crippen LogP contribution in [0.2, 0.25) is 0 Å². The van der Waals surface area contributed by atoms with Crippen molar-refractivity contribution < 1.29 is 46.3 Å². The van der Waals surface area contributed by atoms with Gasteiger partial charge in [-0.15, -0.1) is 0 Å². The Hall–Kier alpha value is -5.88. The SMILES string of the molecule is O=C(Nc1ncnc2c1ncn2[C@@H]1O[C@H](CO)[C@@H](F)[C@H]1OS(=O)(=O)NC[C@H]1O[C@@H](n2cnc3c(NC(=O)c4ccccc4)ncnc32)C[C@@H]1O)c1ccccc1. The lowest BCUT2D eigenvalue weighted by molar-refractivity contribution is -0.0453. The molecule has 0 spiro atoms.